The summed E-state index contributed by atoms with van der Waals surface area (Å²) in [6.07, 6.45) is 0.0602. The van der Waals surface area contributed by atoms with Gasteiger partial charge in [0.15, 0.2) is 8.32 Å². The van der Waals surface area contributed by atoms with Gasteiger partial charge in [-0.05, 0) is 41.4 Å². The van der Waals surface area contributed by atoms with Gasteiger partial charge in [-0.2, -0.15) is 0 Å². The van der Waals surface area contributed by atoms with Gasteiger partial charge in [0, 0.05) is 5.41 Å². The van der Waals surface area contributed by atoms with E-state index in [1.165, 1.54) is 0 Å². The first kappa shape index (κ1) is 28.2. The first-order chi connectivity index (χ1) is 15.9. The molecule has 0 aliphatic heterocycles. The van der Waals surface area contributed by atoms with E-state index in [2.05, 4.69) is 33.9 Å². The molecule has 0 saturated heterocycles. The lowest BCUT2D eigenvalue weighted by Crippen LogP contribution is -2.49. The van der Waals surface area contributed by atoms with E-state index in [0.717, 1.165) is 23.2 Å². The molecule has 0 saturated carbocycles. The first-order valence-electron chi connectivity index (χ1n) is 11.9. The molecule has 2 aromatic carbocycles. The third-order valence-electron chi connectivity index (χ3n) is 6.68. The largest absolute Gasteiger partial charge is 0.497 e. The number of hydrogen-bond acceptors (Lipinski definition) is 5. The van der Waals surface area contributed by atoms with E-state index in [4.69, 9.17) is 18.6 Å². The predicted octanol–water partition coefficient (Wildman–Crippen LogP) is 6.41. The molecule has 188 valence electrons. The molecule has 0 N–H and O–H groups in total. The summed E-state index contributed by atoms with van der Waals surface area (Å²) in [5.41, 5.74) is 1.31. The Kier molecular flexibility index (Phi) is 10.1. The molecule has 0 aliphatic rings. The van der Waals surface area contributed by atoms with Crippen LogP contribution in [0.5, 0.6) is 5.75 Å². The quantitative estimate of drug-likeness (QED) is 0.242. The lowest BCUT2D eigenvalue weighted by Gasteiger charge is -2.40. The maximum atomic E-state index is 12.1. The number of hydrogen-bond donors (Lipinski definition) is 0. The Morgan fingerprint density at radius 2 is 1.41 bits per heavy atom. The maximum Gasteiger partial charge on any atom is 0.192 e. The van der Waals surface area contributed by atoms with Crippen LogP contribution >= 0.6 is 0 Å². The minimum atomic E-state index is -2.03. The first-order valence-corrected chi connectivity index (χ1v) is 14.8. The van der Waals surface area contributed by atoms with Crippen LogP contribution in [-0.4, -0.2) is 40.5 Å². The average Bonchev–Trinajstić information content (AvgIpc) is 2.80. The van der Waals surface area contributed by atoms with Crippen LogP contribution in [0.4, 0.5) is 0 Å². The van der Waals surface area contributed by atoms with Crippen LogP contribution in [-0.2, 0) is 31.9 Å². The maximum absolute atomic E-state index is 12.1. The van der Waals surface area contributed by atoms with Crippen LogP contribution in [0.15, 0.2) is 54.6 Å². The number of aldehydes is 1. The molecule has 2 atom stereocenters. The van der Waals surface area contributed by atoms with Crippen molar-refractivity contribution < 1.29 is 23.4 Å². The standard InChI is InChI=1S/C28H42O5Si/c1-27(2,3)34(7,8)33-20-25(31-18-22-12-10-9-11-13-22)26(28(4,5)21-29)32-19-23-14-16-24(30-6)17-15-23/h9-17,21,25-26H,18-20H2,1-8H3. The predicted molar refractivity (Wildman–Crippen MR) is 140 cm³/mol. The summed E-state index contributed by atoms with van der Waals surface area (Å²) >= 11 is 0. The highest BCUT2D eigenvalue weighted by atomic mass is 28.4. The number of rotatable bonds is 13. The lowest BCUT2D eigenvalue weighted by atomic mass is 9.85. The number of carbonyl (C=O) groups is 1. The van der Waals surface area contributed by atoms with Crippen LogP contribution in [0.2, 0.25) is 18.1 Å². The van der Waals surface area contributed by atoms with Crippen molar-refractivity contribution in [2.75, 3.05) is 13.7 Å². The molecule has 2 rings (SSSR count). The molecule has 0 radical (unpaired) electrons. The molecule has 0 amide bonds. The second kappa shape index (κ2) is 12.1. The fraction of sp³-hybridized carbons (Fsp3) is 0.536. The number of methoxy groups -OCH3 is 1. The fourth-order valence-corrected chi connectivity index (χ4v) is 4.30. The van der Waals surface area contributed by atoms with Gasteiger partial charge in [0.1, 0.15) is 18.1 Å². The van der Waals surface area contributed by atoms with Crippen molar-refractivity contribution in [1.82, 2.24) is 0 Å². The highest BCUT2D eigenvalue weighted by molar-refractivity contribution is 6.74. The van der Waals surface area contributed by atoms with Crippen molar-refractivity contribution in [3.63, 3.8) is 0 Å². The summed E-state index contributed by atoms with van der Waals surface area (Å²) in [5, 5.41) is 0.0661. The Hall–Kier alpha value is -1.99. The zero-order valence-electron chi connectivity index (χ0n) is 22.1. The number of ether oxygens (including phenoxy) is 3. The van der Waals surface area contributed by atoms with Crippen LogP contribution in [0.1, 0.15) is 45.7 Å². The molecule has 0 heterocycles. The van der Waals surface area contributed by atoms with Crippen molar-refractivity contribution in [3.05, 3.63) is 65.7 Å². The zero-order valence-corrected chi connectivity index (χ0v) is 23.1. The zero-order chi connectivity index (χ0) is 25.4. The van der Waals surface area contributed by atoms with Crippen LogP contribution in [0.3, 0.4) is 0 Å². The van der Waals surface area contributed by atoms with Crippen molar-refractivity contribution >= 4 is 14.6 Å². The number of carbonyl (C=O) groups excluding carboxylic acids is 1. The van der Waals surface area contributed by atoms with Gasteiger partial charge in [0.2, 0.25) is 0 Å². The Morgan fingerprint density at radius 1 is 0.853 bits per heavy atom. The molecule has 0 spiro atoms. The number of benzene rings is 2. The summed E-state index contributed by atoms with van der Waals surface area (Å²) in [6, 6.07) is 17.8. The van der Waals surface area contributed by atoms with E-state index in [0.29, 0.717) is 19.8 Å². The molecule has 0 bridgehead atoms. The summed E-state index contributed by atoms with van der Waals surface area (Å²) < 4.78 is 24.6. The second-order valence-electron chi connectivity index (χ2n) is 10.9. The van der Waals surface area contributed by atoms with Gasteiger partial charge in [-0.3, -0.25) is 0 Å². The Morgan fingerprint density at radius 3 is 1.94 bits per heavy atom. The molecule has 6 heteroatoms. The molecular formula is C28H42O5Si. The Balaban J connectivity index is 2.26. The highest BCUT2D eigenvalue weighted by Gasteiger charge is 2.42. The topological polar surface area (TPSA) is 54.0 Å². The molecule has 34 heavy (non-hydrogen) atoms. The molecular weight excluding hydrogens is 444 g/mol. The minimum Gasteiger partial charge on any atom is -0.497 e. The van der Waals surface area contributed by atoms with Crippen LogP contribution in [0.25, 0.3) is 0 Å². The van der Waals surface area contributed by atoms with Gasteiger partial charge in [0.25, 0.3) is 0 Å². The van der Waals surface area contributed by atoms with Crippen LogP contribution in [0, 0.1) is 5.41 Å². The monoisotopic (exact) mass is 486 g/mol. The summed E-state index contributed by atoms with van der Waals surface area (Å²) in [5.74, 6) is 0.792. The third kappa shape index (κ3) is 8.05. The van der Waals surface area contributed by atoms with Crippen LogP contribution < -0.4 is 4.74 Å². The van der Waals surface area contributed by atoms with Gasteiger partial charge in [-0.15, -0.1) is 0 Å². The molecule has 0 fully saturated rings. The van der Waals surface area contributed by atoms with Gasteiger partial charge in [0.05, 0.1) is 33.0 Å². The van der Waals surface area contributed by atoms with Gasteiger partial charge in [-0.25, -0.2) is 0 Å². The minimum absolute atomic E-state index is 0.0661. The van der Waals surface area contributed by atoms with Crippen molar-refractivity contribution in [1.29, 1.82) is 0 Å². The van der Waals surface area contributed by atoms with E-state index in [1.54, 1.807) is 7.11 Å². The normalized spacial score (nSPS) is 14.5. The Bertz CT molecular complexity index is 872. The van der Waals surface area contributed by atoms with E-state index in [-0.39, 0.29) is 5.04 Å². The van der Waals surface area contributed by atoms with Crippen molar-refractivity contribution in [2.45, 2.75) is 78.2 Å². The van der Waals surface area contributed by atoms with Crippen molar-refractivity contribution in [2.24, 2.45) is 5.41 Å². The molecule has 2 aromatic rings. The SMILES string of the molecule is COc1ccc(COC(C(CO[Si](C)(C)C(C)(C)C)OCc2ccccc2)C(C)(C)C=O)cc1. The molecule has 2 unspecified atom stereocenters. The van der Waals surface area contributed by atoms with Gasteiger partial charge in [-0.1, -0.05) is 77.1 Å². The highest BCUT2D eigenvalue weighted by Crippen LogP contribution is 2.37. The van der Waals surface area contributed by atoms with Gasteiger partial charge >= 0.3 is 0 Å². The lowest BCUT2D eigenvalue weighted by molar-refractivity contribution is -0.153. The molecule has 0 aromatic heterocycles. The molecule has 0 aliphatic carbocycles. The van der Waals surface area contributed by atoms with E-state index in [9.17, 15) is 4.79 Å². The van der Waals surface area contributed by atoms with Crippen molar-refractivity contribution in [3.8, 4) is 5.75 Å². The van der Waals surface area contributed by atoms with E-state index in [1.807, 2.05) is 68.4 Å². The molecule has 5 nitrogen and oxygen atoms in total. The smallest absolute Gasteiger partial charge is 0.192 e. The Labute approximate surface area is 206 Å². The summed E-state index contributed by atoms with van der Waals surface area (Å²) in [4.78, 5) is 12.1. The fourth-order valence-electron chi connectivity index (χ4n) is 3.28. The van der Waals surface area contributed by atoms with Gasteiger partial charge < -0.3 is 23.4 Å². The summed E-state index contributed by atoms with van der Waals surface area (Å²) in [6.45, 7) is 16.0. The van der Waals surface area contributed by atoms with E-state index < -0.39 is 25.9 Å². The van der Waals surface area contributed by atoms with E-state index >= 15 is 0 Å². The summed E-state index contributed by atoms with van der Waals surface area (Å²) in [7, 11) is -0.382. The second-order valence-corrected chi connectivity index (χ2v) is 15.7. The third-order valence-corrected chi connectivity index (χ3v) is 11.2. The average molecular weight is 487 g/mol.